The number of halogens is 4. The number of rotatable bonds is 2. The molecule has 0 heterocycles. The van der Waals surface area contributed by atoms with Crippen LogP contribution in [-0.4, -0.2) is 5.91 Å². The minimum absolute atomic E-state index is 0.104. The van der Waals surface area contributed by atoms with Crippen LogP contribution in [0, 0.1) is 0 Å². The Morgan fingerprint density at radius 2 is 1.71 bits per heavy atom. The van der Waals surface area contributed by atoms with Crippen LogP contribution in [-0.2, 0) is 11.6 Å². The molecule has 0 saturated heterocycles. The molecule has 0 saturated carbocycles. The Kier molecular flexibility index (Phi) is 4.95. The topological polar surface area (TPSA) is 29.1 Å². The average Bonchev–Trinajstić information content (AvgIpc) is 2.45. The Labute approximate surface area is 143 Å². The van der Waals surface area contributed by atoms with Crippen molar-refractivity contribution >= 4 is 23.2 Å². The number of nitrogens with one attached hydrogen (secondary N) is 1. The van der Waals surface area contributed by atoms with Crippen molar-refractivity contribution in [1.29, 1.82) is 0 Å². The number of carbonyl (C=O) groups is 1. The second-order valence-corrected chi connectivity index (χ2v) is 6.88. The maximum absolute atomic E-state index is 12.9. The normalized spacial score (nSPS) is 12.1. The number of carbonyl (C=O) groups excluding carboxylic acids is 1. The third-order valence-corrected chi connectivity index (χ3v) is 3.85. The third-order valence-electron chi connectivity index (χ3n) is 3.52. The molecule has 1 N–H and O–H groups in total. The van der Waals surface area contributed by atoms with Crippen molar-refractivity contribution in [2.75, 3.05) is 5.32 Å². The highest BCUT2D eigenvalue weighted by molar-refractivity contribution is 6.31. The van der Waals surface area contributed by atoms with Gasteiger partial charge in [-0.3, -0.25) is 4.79 Å². The summed E-state index contributed by atoms with van der Waals surface area (Å²) in [6, 6.07) is 10.3. The standard InChI is InChI=1S/C18H17ClF3NO/c1-17(2,3)12-5-4-6-13(10-12)23-16(24)11-7-8-15(19)14(9-11)18(20,21)22/h4-10H,1-3H3,(H,23,24). The van der Waals surface area contributed by atoms with Gasteiger partial charge < -0.3 is 5.32 Å². The van der Waals surface area contributed by atoms with Gasteiger partial charge in [0.25, 0.3) is 5.91 Å². The van der Waals surface area contributed by atoms with Crippen molar-refractivity contribution < 1.29 is 18.0 Å². The van der Waals surface area contributed by atoms with Gasteiger partial charge in [0.15, 0.2) is 0 Å². The van der Waals surface area contributed by atoms with Crippen LogP contribution in [0.4, 0.5) is 18.9 Å². The van der Waals surface area contributed by atoms with Gasteiger partial charge in [-0.25, -0.2) is 0 Å². The van der Waals surface area contributed by atoms with Crippen molar-refractivity contribution in [3.8, 4) is 0 Å². The molecule has 2 nitrogen and oxygen atoms in total. The highest BCUT2D eigenvalue weighted by Gasteiger charge is 2.33. The molecule has 0 bridgehead atoms. The number of alkyl halides is 3. The van der Waals surface area contributed by atoms with Crippen LogP contribution in [0.3, 0.4) is 0 Å². The van der Waals surface area contributed by atoms with Gasteiger partial charge >= 0.3 is 6.18 Å². The molecule has 2 aromatic carbocycles. The maximum Gasteiger partial charge on any atom is 0.417 e. The van der Waals surface area contributed by atoms with E-state index in [9.17, 15) is 18.0 Å². The van der Waals surface area contributed by atoms with E-state index < -0.39 is 22.7 Å². The Balaban J connectivity index is 2.28. The van der Waals surface area contributed by atoms with E-state index in [4.69, 9.17) is 11.6 Å². The largest absolute Gasteiger partial charge is 0.417 e. The highest BCUT2D eigenvalue weighted by Crippen LogP contribution is 2.35. The SMILES string of the molecule is CC(C)(C)c1cccc(NC(=O)c2ccc(Cl)c(C(F)(F)F)c2)c1. The first-order valence-electron chi connectivity index (χ1n) is 7.27. The van der Waals surface area contributed by atoms with Crippen LogP contribution in [0.25, 0.3) is 0 Å². The highest BCUT2D eigenvalue weighted by atomic mass is 35.5. The van der Waals surface area contributed by atoms with Crippen molar-refractivity contribution in [3.63, 3.8) is 0 Å². The molecule has 0 aliphatic rings. The van der Waals surface area contributed by atoms with Gasteiger partial charge in [-0.2, -0.15) is 13.2 Å². The second kappa shape index (κ2) is 6.48. The van der Waals surface area contributed by atoms with Crippen molar-refractivity contribution in [3.05, 3.63) is 64.2 Å². The molecule has 6 heteroatoms. The molecule has 2 rings (SSSR count). The van der Waals surface area contributed by atoms with E-state index >= 15 is 0 Å². The van der Waals surface area contributed by atoms with E-state index in [1.54, 1.807) is 18.2 Å². The molecule has 0 atom stereocenters. The molecule has 0 aliphatic carbocycles. The zero-order valence-electron chi connectivity index (χ0n) is 13.5. The van der Waals surface area contributed by atoms with Gasteiger partial charge in [-0.1, -0.05) is 44.5 Å². The molecule has 0 spiro atoms. The molecule has 0 radical (unpaired) electrons. The van der Waals surface area contributed by atoms with E-state index in [1.807, 2.05) is 26.8 Å². The van der Waals surface area contributed by atoms with Crippen LogP contribution < -0.4 is 5.32 Å². The van der Waals surface area contributed by atoms with Crippen LogP contribution in [0.15, 0.2) is 42.5 Å². The molecule has 0 aromatic heterocycles. The van der Waals surface area contributed by atoms with E-state index in [2.05, 4.69) is 5.32 Å². The van der Waals surface area contributed by atoms with Crippen LogP contribution in [0.2, 0.25) is 5.02 Å². The van der Waals surface area contributed by atoms with Gasteiger partial charge in [-0.15, -0.1) is 0 Å². The van der Waals surface area contributed by atoms with E-state index in [0.29, 0.717) is 5.69 Å². The summed E-state index contributed by atoms with van der Waals surface area (Å²) in [7, 11) is 0. The summed E-state index contributed by atoms with van der Waals surface area (Å²) < 4.78 is 38.7. The lowest BCUT2D eigenvalue weighted by Crippen LogP contribution is -2.16. The van der Waals surface area contributed by atoms with Crippen LogP contribution >= 0.6 is 11.6 Å². The Morgan fingerprint density at radius 1 is 1.04 bits per heavy atom. The first kappa shape index (κ1) is 18.3. The molecule has 1 amide bonds. The Bertz CT molecular complexity index is 764. The summed E-state index contributed by atoms with van der Waals surface area (Å²) in [4.78, 5) is 12.2. The van der Waals surface area contributed by atoms with Crippen LogP contribution in [0.5, 0.6) is 0 Å². The first-order valence-corrected chi connectivity index (χ1v) is 7.65. The fourth-order valence-electron chi connectivity index (χ4n) is 2.15. The second-order valence-electron chi connectivity index (χ2n) is 6.48. The summed E-state index contributed by atoms with van der Waals surface area (Å²) in [5.41, 5.74) is 0.293. The van der Waals surface area contributed by atoms with Gasteiger partial charge in [0.1, 0.15) is 0 Å². The van der Waals surface area contributed by atoms with Gasteiger partial charge in [0.05, 0.1) is 10.6 Å². The van der Waals surface area contributed by atoms with E-state index in [0.717, 1.165) is 17.7 Å². The quantitative estimate of drug-likeness (QED) is 0.713. The summed E-state index contributed by atoms with van der Waals surface area (Å²) in [5, 5.41) is 2.18. The van der Waals surface area contributed by atoms with Gasteiger partial charge in [0, 0.05) is 11.3 Å². The zero-order chi connectivity index (χ0) is 18.1. The summed E-state index contributed by atoms with van der Waals surface area (Å²) in [6.45, 7) is 6.09. The van der Waals surface area contributed by atoms with Gasteiger partial charge in [0.2, 0.25) is 0 Å². The Hall–Kier alpha value is -2.01. The molecule has 0 aliphatic heterocycles. The van der Waals surface area contributed by atoms with Gasteiger partial charge in [-0.05, 0) is 41.3 Å². The summed E-state index contributed by atoms with van der Waals surface area (Å²) in [6.07, 6.45) is -4.61. The molecule has 128 valence electrons. The third kappa shape index (κ3) is 4.29. The monoisotopic (exact) mass is 355 g/mol. The number of anilines is 1. The lowest BCUT2D eigenvalue weighted by Gasteiger charge is -2.20. The molecule has 0 unspecified atom stereocenters. The summed E-state index contributed by atoms with van der Waals surface area (Å²) in [5.74, 6) is -0.622. The molecular weight excluding hydrogens is 339 g/mol. The zero-order valence-corrected chi connectivity index (χ0v) is 14.2. The lowest BCUT2D eigenvalue weighted by atomic mass is 9.87. The molecule has 0 fully saturated rings. The number of amides is 1. The molecule has 2 aromatic rings. The predicted octanol–water partition coefficient (Wildman–Crippen LogP) is 5.91. The van der Waals surface area contributed by atoms with Crippen LogP contribution in [0.1, 0.15) is 42.3 Å². The number of hydrogen-bond acceptors (Lipinski definition) is 1. The fourth-order valence-corrected chi connectivity index (χ4v) is 2.38. The number of hydrogen-bond donors (Lipinski definition) is 1. The minimum atomic E-state index is -4.61. The molecule has 24 heavy (non-hydrogen) atoms. The van der Waals surface area contributed by atoms with Crippen molar-refractivity contribution in [1.82, 2.24) is 0 Å². The first-order chi connectivity index (χ1) is 11.0. The van der Waals surface area contributed by atoms with E-state index in [-0.39, 0.29) is 11.0 Å². The predicted molar refractivity (Wildman–Crippen MR) is 89.5 cm³/mol. The van der Waals surface area contributed by atoms with Crippen molar-refractivity contribution in [2.24, 2.45) is 0 Å². The summed E-state index contributed by atoms with van der Waals surface area (Å²) >= 11 is 5.56. The minimum Gasteiger partial charge on any atom is -0.322 e. The van der Waals surface area contributed by atoms with Crippen molar-refractivity contribution in [2.45, 2.75) is 32.4 Å². The Morgan fingerprint density at radius 3 is 2.29 bits per heavy atom. The maximum atomic E-state index is 12.9. The fraction of sp³-hybridized carbons (Fsp3) is 0.278. The molecular formula is C18H17ClF3NO. The lowest BCUT2D eigenvalue weighted by molar-refractivity contribution is -0.137. The number of benzene rings is 2. The smallest absolute Gasteiger partial charge is 0.322 e. The van der Waals surface area contributed by atoms with E-state index in [1.165, 1.54) is 6.07 Å². The average molecular weight is 356 g/mol.